The van der Waals surface area contributed by atoms with Crippen LogP contribution in [0.4, 0.5) is 35.7 Å². The quantitative estimate of drug-likeness (QED) is 0.0221. The molecule has 9 aliphatic rings. The molecule has 0 radical (unpaired) electrons. The van der Waals surface area contributed by atoms with Gasteiger partial charge in [0.25, 0.3) is 80.3 Å². The molecule has 12 unspecified atom stereocenters. The van der Waals surface area contributed by atoms with Gasteiger partial charge in [-0.2, -0.15) is 42.5 Å². The third kappa shape index (κ3) is 20.0. The Labute approximate surface area is 838 Å². The number of aromatic nitrogens is 24. The molecule has 792 valence electrons. The summed E-state index contributed by atoms with van der Waals surface area (Å²) in [5, 5.41) is 67.5. The second-order valence-electron chi connectivity index (χ2n) is 32.1. The van der Waals surface area contributed by atoms with Gasteiger partial charge in [0.15, 0.2) is 129 Å². The van der Waals surface area contributed by atoms with Gasteiger partial charge in [0.2, 0.25) is 35.7 Å². The first-order valence-corrected chi connectivity index (χ1v) is 54.1. The topological polar surface area (TPSA) is 1070 Å². The van der Waals surface area contributed by atoms with E-state index < -0.39 is 267 Å². The number of thiol groups is 1. The first-order valence-electron chi connectivity index (χ1n) is 41.1. The molecule has 72 nitrogen and oxygen atoms in total. The molecule has 0 amide bonds. The van der Waals surface area contributed by atoms with Gasteiger partial charge in [-0.1, -0.05) is 11.8 Å². The van der Waals surface area contributed by atoms with Crippen molar-refractivity contribution >= 4 is 230 Å². The molecule has 26 N–H and O–H groups in total. The number of anilines is 6. The Balaban J connectivity index is 0.000000138. The summed E-state index contributed by atoms with van der Waals surface area (Å²) < 4.78 is 180. The summed E-state index contributed by atoms with van der Waals surface area (Å²) in [7, 11) is -32.5. The number of hydrogen-bond acceptors (Lipinski definition) is 62. The Kier molecular flexibility index (Phi) is 28.5. The summed E-state index contributed by atoms with van der Waals surface area (Å²) in [5.41, 5.74) is 27.4. The SMILES string of the molecule is CSc1nc2c(=O)[nH]c(N)nc2n1[C@@H]1O[C@@H]2COP(=O)([O-])OC3[C@@H](COP(=O)([O-])OC2[C@@H]1O)O[C@@H](n1c(CS)nc2c(=O)[nH]c(N)nc21)[C@H]3O.Nc1nc2c([nH]c(=S)n2[C@@H]2O[C@@H]3COP(=O)([O-])OC4[C@@H](COP(=O)([O-])OC3[C@@H]2O)O[C@@H](n2c(=S)[nH]c3c(=O)[nH]c(N)nc32)[C@H]4O)c(=O)[nH]1.Nc1nc2c(nc(Br)n2[C@@H]2O[C@@H]3COP(=O)([O-])OC4[C@@H](COP(=O)([O-])OC3[C@@H]2O)O[C@@H](n2c(Br)nc3c(=O)[nH]c(N)nc32)[C@H]4O)c(=O)[nH]1. The Morgan fingerprint density at radius 1 is 0.342 bits per heavy atom. The number of aliphatic hydroxyl groups excluding tert-OH is 6. The summed E-state index contributed by atoms with van der Waals surface area (Å²) in [5.74, 6) is -1.98. The highest BCUT2D eigenvalue weighted by atomic mass is 79.9. The maximum atomic E-state index is 13.2. The van der Waals surface area contributed by atoms with E-state index in [0.717, 1.165) is 34.6 Å². The Morgan fingerprint density at radius 3 is 0.829 bits per heavy atom. The van der Waals surface area contributed by atoms with Crippen LogP contribution < -0.4 is 97.1 Å². The summed E-state index contributed by atoms with van der Waals surface area (Å²) in [6.45, 7) is -5.92. The number of hydrogen-bond donors (Lipinski definition) is 21. The number of nitrogens with zero attached hydrogens (tertiary/aromatic N) is 16. The normalized spacial score (nSPS) is 35.8. The number of fused-ring (bicyclic) bond motifs is 12. The van der Waals surface area contributed by atoms with E-state index in [0.29, 0.717) is 0 Å². The minimum Gasteiger partial charge on any atom is -0.756 e. The molecule has 146 heavy (non-hydrogen) atoms. The summed E-state index contributed by atoms with van der Waals surface area (Å²) in [4.78, 5) is 212. The lowest BCUT2D eigenvalue weighted by atomic mass is 10.1. The molecular weight excluding hydrogens is 2310 g/mol. The fraction of sp³-hybridized carbons (Fsp3) is 0.516. The fourth-order valence-electron chi connectivity index (χ4n) is 17.0. The molecule has 0 spiro atoms. The average Bonchev–Trinajstić information content (AvgIpc) is 1.62. The smallest absolute Gasteiger partial charge is 0.280 e. The van der Waals surface area contributed by atoms with Crippen LogP contribution in [-0.4, -0.2) is 304 Å². The van der Waals surface area contributed by atoms with Crippen LogP contribution in [0.5, 0.6) is 0 Å². The van der Waals surface area contributed by atoms with Crippen LogP contribution in [0.25, 0.3) is 67.0 Å². The maximum Gasteiger partial charge on any atom is 0.280 e. The monoisotopic (exact) mass is 2380 g/mol. The second kappa shape index (κ2) is 39.4. The lowest BCUT2D eigenvalue weighted by molar-refractivity contribution is -0.247. The zero-order chi connectivity index (χ0) is 105. The van der Waals surface area contributed by atoms with Crippen molar-refractivity contribution in [2.24, 2.45) is 0 Å². The van der Waals surface area contributed by atoms with Crippen LogP contribution in [0, 0.1) is 9.54 Å². The van der Waals surface area contributed by atoms with Gasteiger partial charge in [-0.3, -0.25) is 113 Å². The van der Waals surface area contributed by atoms with Gasteiger partial charge in [0.1, 0.15) is 116 Å². The van der Waals surface area contributed by atoms with E-state index in [9.17, 15) is 116 Å². The standard InChI is InChI=1S/C22H28N10O14P2S2.C20H22Br2N10O14P2.C20H24N10O14P2S2/c1-50-22-26-9-15(28-21(24)30-17(9)36)32(22)19-11(34)13-6(44-19)3-42-47(37,38)45-12-5(2-41-48(39,40)46-13)43-18(10(12)33)31-7(4-49)25-8-14(31)27-20(23)29-16(8)35;21-17-25-5-11(27-19(23)29-13(5)35)31(17)15-7(33)9-3(43-15)1-41-47(37,38)46-10-4(2-42-48(39,40)45-9)44-16(8(10)34)32-12-6(26-18(32)22)14(36)30-20(24)28-12;21-17-25-11-5(13(33)27-17)23-19(47)29(11)15-7(31)9-3(41-15)1-39-45(35,36)44-10-4(2-40-46(37,38)43-9)42-16(8(10)32)30-12-6(24-20(30)48)14(34)28-18(22)26-12/h5-6,10-13,18-19,33-34,49H,2-4H2,1H3,(H,37,38)(H,39,40)(H3,23,27,29,35)(H3,24,28,30,36);3-4,7-10,15-16,33-34H,1-2H2,(H,37,38)(H,39,40)(H3,23,27,29,35)(H3,24,28,30,36);3-4,7-10,15-16,31-32H,1-2H2,(H,23,47)(H,24,48)(H,35,36)(H,37,38)(H3,21,25,27,33)(H3,22,26,28,34)/p-6/t5-,6-,10+,11+,12?,13?,18-,19-;2*3-,4-,7+,8+,9?,10?,15-,16-/m111/s1. The van der Waals surface area contributed by atoms with Crippen molar-refractivity contribution < 1.29 is 170 Å². The minimum atomic E-state index is -5.42. The fourth-order valence-corrected chi connectivity index (χ4v) is 25.1. The summed E-state index contributed by atoms with van der Waals surface area (Å²) in [6, 6.07) is 0. The van der Waals surface area contributed by atoms with Gasteiger partial charge < -0.3 is 187 Å². The average molecular weight is 2380 g/mol. The van der Waals surface area contributed by atoms with Crippen LogP contribution in [0.1, 0.15) is 43.2 Å². The molecule has 21 heterocycles. The number of nitrogen functional groups attached to an aromatic ring is 6. The van der Waals surface area contributed by atoms with Crippen LogP contribution in [-0.2, 0) is 116 Å². The number of ether oxygens (including phenoxy) is 6. The van der Waals surface area contributed by atoms with Gasteiger partial charge in [0, 0.05) is 5.75 Å². The molecule has 0 aromatic carbocycles. The first-order chi connectivity index (χ1) is 68.7. The number of aliphatic hydroxyl groups is 6. The summed E-state index contributed by atoms with van der Waals surface area (Å²) in [6.07, 6.45) is -40.4. The van der Waals surface area contributed by atoms with Crippen molar-refractivity contribution in [1.82, 2.24) is 117 Å². The molecule has 9 fully saturated rings. The number of imidazole rings is 6. The predicted octanol–water partition coefficient (Wildman–Crippen LogP) is -8.93. The van der Waals surface area contributed by atoms with E-state index in [2.05, 4.69) is 134 Å². The minimum absolute atomic E-state index is 0.0416. The molecule has 12 aromatic heterocycles. The molecule has 30 atom stereocenters. The largest absolute Gasteiger partial charge is 0.756 e. The number of nitrogens with one attached hydrogen (secondary N) is 8. The zero-order valence-electron chi connectivity index (χ0n) is 71.9. The van der Waals surface area contributed by atoms with Crippen LogP contribution in [0.15, 0.2) is 43.4 Å². The zero-order valence-corrected chi connectivity index (χ0v) is 83.8. The molecule has 21 rings (SSSR count). The molecule has 0 bridgehead atoms. The number of phosphoric ester groups is 6. The Bertz CT molecular complexity index is 7650. The van der Waals surface area contributed by atoms with Crippen molar-refractivity contribution in [2.75, 3.05) is 80.3 Å². The molecule has 12 aromatic rings. The molecular formula is C62H68Br2N30O42P6S4-6. The maximum absolute atomic E-state index is 13.2. The van der Waals surface area contributed by atoms with E-state index in [4.69, 9.17) is 142 Å². The molecule has 9 aliphatic heterocycles. The van der Waals surface area contributed by atoms with Gasteiger partial charge in [0.05, 0.1) is 39.6 Å². The number of H-pyrrole nitrogens is 8. The van der Waals surface area contributed by atoms with Gasteiger partial charge in [-0.05, 0) is 62.6 Å². The number of phosphoric acid groups is 6. The van der Waals surface area contributed by atoms with Gasteiger partial charge in [-0.25, -0.2) is 19.9 Å². The number of nitrogens with two attached hydrogens (primary N) is 6. The third-order valence-corrected chi connectivity index (χ3v) is 31.5. The highest BCUT2D eigenvalue weighted by molar-refractivity contribution is 9.10. The van der Waals surface area contributed by atoms with Crippen LogP contribution in [0.2, 0.25) is 0 Å². The number of halogens is 2. The number of thioether (sulfide) groups is 1. The van der Waals surface area contributed by atoms with Crippen molar-refractivity contribution in [3.05, 3.63) is 87.0 Å². The molecule has 0 saturated carbocycles. The van der Waals surface area contributed by atoms with Crippen molar-refractivity contribution in [3.8, 4) is 0 Å². The van der Waals surface area contributed by atoms with E-state index in [-0.39, 0.29) is 138 Å². The molecule has 9 saturated heterocycles. The van der Waals surface area contributed by atoms with Gasteiger partial charge in [-0.15, -0.1) is 0 Å². The Hall–Kier alpha value is -8.82. The highest BCUT2D eigenvalue weighted by Gasteiger charge is 2.58. The van der Waals surface area contributed by atoms with Crippen molar-refractivity contribution in [2.45, 2.75) is 158 Å². The number of aromatic amines is 8. The predicted molar refractivity (Wildman–Crippen MR) is 480 cm³/mol. The van der Waals surface area contributed by atoms with Crippen molar-refractivity contribution in [1.29, 1.82) is 0 Å². The van der Waals surface area contributed by atoms with Gasteiger partial charge >= 0.3 is 0 Å². The van der Waals surface area contributed by atoms with Crippen molar-refractivity contribution in [3.63, 3.8) is 0 Å². The first kappa shape index (κ1) is 106. The van der Waals surface area contributed by atoms with E-state index in [1.807, 2.05) is 0 Å². The summed E-state index contributed by atoms with van der Waals surface area (Å²) >= 11 is 22.0. The molecule has 84 heteroatoms. The van der Waals surface area contributed by atoms with E-state index in [1.54, 1.807) is 6.26 Å². The van der Waals surface area contributed by atoms with Crippen LogP contribution in [0.3, 0.4) is 0 Å². The van der Waals surface area contributed by atoms with E-state index in [1.165, 1.54) is 4.57 Å². The lowest BCUT2D eigenvalue weighted by Gasteiger charge is -2.34. The second-order valence-corrected chi connectivity index (χ2v) is 43.6. The lowest BCUT2D eigenvalue weighted by Crippen LogP contribution is -2.41. The van der Waals surface area contributed by atoms with Crippen LogP contribution >= 0.6 is 128 Å². The van der Waals surface area contributed by atoms with E-state index >= 15 is 0 Å². The third-order valence-electron chi connectivity index (χ3n) is 23.0. The highest BCUT2D eigenvalue weighted by Crippen LogP contribution is 2.57. The molecule has 0 aliphatic carbocycles. The Morgan fingerprint density at radius 2 is 0.562 bits per heavy atom. The number of rotatable bonds is 8.